The van der Waals surface area contributed by atoms with Crippen molar-refractivity contribution in [1.29, 1.82) is 0 Å². The van der Waals surface area contributed by atoms with Crippen LogP contribution in [0, 0.1) is 0 Å². The molecule has 0 aliphatic heterocycles. The molecule has 3 N–H and O–H groups in total. The zero-order valence-electron chi connectivity index (χ0n) is 6.39. The lowest BCUT2D eigenvalue weighted by atomic mass is 10.2. The fourth-order valence-electron chi connectivity index (χ4n) is 0.830. The molecule has 1 aromatic carbocycles. The summed E-state index contributed by atoms with van der Waals surface area (Å²) in [6.07, 6.45) is -4.34. The number of thiol groups is 1. The number of hydrogen-bond donors (Lipinski definition) is 3. The number of hydrogen-bond acceptors (Lipinski definition) is 3. The third kappa shape index (κ3) is 2.28. The fraction of sp³-hybridized carbons (Fsp3) is 0.143. The number of rotatable bonds is 1. The first-order valence-electron chi connectivity index (χ1n) is 3.32. The van der Waals surface area contributed by atoms with E-state index in [4.69, 9.17) is 5.84 Å². The van der Waals surface area contributed by atoms with Crippen LogP contribution in [0.25, 0.3) is 0 Å². The second-order valence-corrected chi connectivity index (χ2v) is 2.86. The molecular weight excluding hydrogens is 201 g/mol. The molecule has 0 spiro atoms. The molecule has 0 heterocycles. The molecule has 13 heavy (non-hydrogen) atoms. The van der Waals surface area contributed by atoms with E-state index in [9.17, 15) is 13.2 Å². The minimum atomic E-state index is -4.34. The summed E-state index contributed by atoms with van der Waals surface area (Å²) >= 11 is 3.84. The van der Waals surface area contributed by atoms with Crippen molar-refractivity contribution in [2.75, 3.05) is 5.43 Å². The predicted molar refractivity (Wildman–Crippen MR) is 46.5 cm³/mol. The highest BCUT2D eigenvalue weighted by molar-refractivity contribution is 7.80. The molecule has 0 amide bonds. The Morgan fingerprint density at radius 1 is 1.31 bits per heavy atom. The molecule has 6 heteroatoms. The highest BCUT2D eigenvalue weighted by Gasteiger charge is 2.30. The third-order valence-electron chi connectivity index (χ3n) is 1.48. The van der Waals surface area contributed by atoms with Crippen LogP contribution in [0.15, 0.2) is 23.1 Å². The van der Waals surface area contributed by atoms with E-state index in [1.807, 2.05) is 0 Å². The first-order valence-corrected chi connectivity index (χ1v) is 3.76. The zero-order valence-corrected chi connectivity index (χ0v) is 7.28. The lowest BCUT2D eigenvalue weighted by Crippen LogP contribution is -2.09. The van der Waals surface area contributed by atoms with Gasteiger partial charge in [0.15, 0.2) is 0 Å². The lowest BCUT2D eigenvalue weighted by molar-refractivity contribution is -0.137. The Morgan fingerprint density at radius 3 is 2.31 bits per heavy atom. The molecule has 0 aromatic heterocycles. The van der Waals surface area contributed by atoms with Crippen molar-refractivity contribution in [3.8, 4) is 0 Å². The van der Waals surface area contributed by atoms with Crippen molar-refractivity contribution in [1.82, 2.24) is 0 Å². The number of anilines is 1. The summed E-state index contributed by atoms with van der Waals surface area (Å²) in [4.78, 5) is 0.164. The van der Waals surface area contributed by atoms with Gasteiger partial charge in [0, 0.05) is 4.90 Å². The summed E-state index contributed by atoms with van der Waals surface area (Å²) in [5.74, 6) is 5.03. The number of halogens is 3. The van der Waals surface area contributed by atoms with Gasteiger partial charge < -0.3 is 5.43 Å². The molecule has 1 aromatic rings. The second-order valence-electron chi connectivity index (χ2n) is 2.37. The van der Waals surface area contributed by atoms with E-state index in [1.54, 1.807) is 0 Å². The van der Waals surface area contributed by atoms with Gasteiger partial charge in [-0.3, -0.25) is 5.84 Å². The summed E-state index contributed by atoms with van der Waals surface area (Å²) in [6, 6.07) is 3.08. The Morgan fingerprint density at radius 2 is 1.92 bits per heavy atom. The summed E-state index contributed by atoms with van der Waals surface area (Å²) in [5, 5.41) is 0. The van der Waals surface area contributed by atoms with E-state index in [-0.39, 0.29) is 4.90 Å². The van der Waals surface area contributed by atoms with Gasteiger partial charge in [0.25, 0.3) is 0 Å². The van der Waals surface area contributed by atoms with Crippen LogP contribution >= 0.6 is 12.6 Å². The largest absolute Gasteiger partial charge is 0.416 e. The van der Waals surface area contributed by atoms with Crippen molar-refractivity contribution in [3.05, 3.63) is 23.8 Å². The quantitative estimate of drug-likeness (QED) is 0.376. The van der Waals surface area contributed by atoms with Gasteiger partial charge in [0.2, 0.25) is 0 Å². The average Bonchev–Trinajstić information content (AvgIpc) is 2.02. The molecule has 0 aliphatic rings. The van der Waals surface area contributed by atoms with Crippen molar-refractivity contribution in [2.24, 2.45) is 5.84 Å². The molecule has 0 bridgehead atoms. The van der Waals surface area contributed by atoms with Crippen LogP contribution in [-0.2, 0) is 6.18 Å². The van der Waals surface area contributed by atoms with Gasteiger partial charge in [0.1, 0.15) is 0 Å². The van der Waals surface area contributed by atoms with E-state index in [2.05, 4.69) is 18.1 Å². The lowest BCUT2D eigenvalue weighted by Gasteiger charge is -2.09. The van der Waals surface area contributed by atoms with Crippen LogP contribution in [0.1, 0.15) is 5.56 Å². The maximum Gasteiger partial charge on any atom is 0.416 e. The average molecular weight is 208 g/mol. The van der Waals surface area contributed by atoms with E-state index in [0.29, 0.717) is 5.69 Å². The van der Waals surface area contributed by atoms with Gasteiger partial charge >= 0.3 is 6.18 Å². The molecule has 1 rings (SSSR count). The van der Waals surface area contributed by atoms with Gasteiger partial charge in [-0.1, -0.05) is 0 Å². The summed E-state index contributed by atoms with van der Waals surface area (Å²) in [5.41, 5.74) is 1.85. The Bertz CT molecular complexity index is 311. The van der Waals surface area contributed by atoms with Crippen LogP contribution in [0.5, 0.6) is 0 Å². The van der Waals surface area contributed by atoms with E-state index < -0.39 is 11.7 Å². The van der Waals surface area contributed by atoms with Crippen molar-refractivity contribution >= 4 is 18.3 Å². The Balaban J connectivity index is 3.10. The van der Waals surface area contributed by atoms with Crippen LogP contribution in [0.4, 0.5) is 18.9 Å². The molecule has 0 aliphatic carbocycles. The van der Waals surface area contributed by atoms with Crippen molar-refractivity contribution in [3.63, 3.8) is 0 Å². The molecule has 0 fully saturated rings. The van der Waals surface area contributed by atoms with Gasteiger partial charge in [0.05, 0.1) is 11.3 Å². The first-order chi connectivity index (χ1) is 5.95. The Labute approximate surface area is 78.3 Å². The third-order valence-corrected chi connectivity index (χ3v) is 1.85. The highest BCUT2D eigenvalue weighted by Crippen LogP contribution is 2.32. The van der Waals surface area contributed by atoms with Gasteiger partial charge in [-0.05, 0) is 18.2 Å². The van der Waals surface area contributed by atoms with Gasteiger partial charge in [-0.2, -0.15) is 13.2 Å². The number of alkyl halides is 3. The molecule has 0 unspecified atom stereocenters. The monoisotopic (exact) mass is 208 g/mol. The molecular formula is C7H7F3N2S. The van der Waals surface area contributed by atoms with Crippen molar-refractivity contribution in [2.45, 2.75) is 11.1 Å². The summed E-state index contributed by atoms with van der Waals surface area (Å²) in [6.45, 7) is 0. The highest BCUT2D eigenvalue weighted by atomic mass is 32.1. The molecule has 0 saturated carbocycles. The Hall–Kier alpha value is -0.880. The van der Waals surface area contributed by atoms with Gasteiger partial charge in [-0.25, -0.2) is 0 Å². The first kappa shape index (κ1) is 10.2. The van der Waals surface area contributed by atoms with Crippen LogP contribution < -0.4 is 11.3 Å². The second kappa shape index (κ2) is 3.47. The predicted octanol–water partition coefficient (Wildman–Crippen LogP) is 2.28. The molecule has 0 atom stereocenters. The van der Waals surface area contributed by atoms with Crippen LogP contribution in [-0.4, -0.2) is 0 Å². The normalized spacial score (nSPS) is 11.5. The number of hydrazine groups is 1. The van der Waals surface area contributed by atoms with Crippen molar-refractivity contribution < 1.29 is 13.2 Å². The maximum atomic E-state index is 12.1. The summed E-state index contributed by atoms with van der Waals surface area (Å²) in [7, 11) is 0. The Kier molecular flexibility index (Phi) is 2.72. The number of nitrogens with two attached hydrogens (primary N) is 1. The standard InChI is InChI=1S/C7H7F3N2S/c8-7(9,10)4-1-2-5(12-11)6(13)3-4/h1-3,12-13H,11H2. The topological polar surface area (TPSA) is 38.0 Å². The SMILES string of the molecule is NNc1ccc(C(F)(F)F)cc1S. The van der Waals surface area contributed by atoms with Crippen LogP contribution in [0.3, 0.4) is 0 Å². The summed E-state index contributed by atoms with van der Waals surface area (Å²) < 4.78 is 36.4. The minimum Gasteiger partial charge on any atom is -0.323 e. The molecule has 72 valence electrons. The fourth-order valence-corrected chi connectivity index (χ4v) is 1.11. The van der Waals surface area contributed by atoms with Gasteiger partial charge in [-0.15, -0.1) is 12.6 Å². The van der Waals surface area contributed by atoms with E-state index >= 15 is 0 Å². The molecule has 0 saturated heterocycles. The van der Waals surface area contributed by atoms with E-state index in [0.717, 1.165) is 12.1 Å². The van der Waals surface area contributed by atoms with E-state index in [1.165, 1.54) is 6.07 Å². The molecule has 0 radical (unpaired) electrons. The molecule has 2 nitrogen and oxygen atoms in total. The minimum absolute atomic E-state index is 0.164. The number of nitrogen functional groups attached to an aromatic ring is 1. The zero-order chi connectivity index (χ0) is 10.1. The number of nitrogens with one attached hydrogen (secondary N) is 1. The maximum absolute atomic E-state index is 12.1. The number of benzene rings is 1. The van der Waals surface area contributed by atoms with Crippen LogP contribution in [0.2, 0.25) is 0 Å². The smallest absolute Gasteiger partial charge is 0.323 e.